The number of carbonyl (C=O) groups excluding carboxylic acids is 5. The highest BCUT2D eigenvalue weighted by Crippen LogP contribution is 2.34. The number of aromatic nitrogens is 1. The maximum absolute atomic E-state index is 12.9. The third kappa shape index (κ3) is 8.05. The first-order valence-electron chi connectivity index (χ1n) is 13.3. The minimum Gasteiger partial charge on any atom is -0.352 e. The Bertz CT molecular complexity index is 1350. The van der Waals surface area contributed by atoms with Gasteiger partial charge in [0.1, 0.15) is 17.7 Å². The molecule has 1 heterocycles. The number of rotatable bonds is 9. The van der Waals surface area contributed by atoms with Crippen LogP contribution < -0.4 is 10.6 Å². The Morgan fingerprint density at radius 2 is 1.70 bits per heavy atom. The number of benzene rings is 2. The zero-order chi connectivity index (χ0) is 30.0. The van der Waals surface area contributed by atoms with Crippen LogP contribution in [0.15, 0.2) is 36.4 Å². The third-order valence-electron chi connectivity index (χ3n) is 6.15. The van der Waals surface area contributed by atoms with Crippen molar-refractivity contribution in [3.05, 3.63) is 52.5 Å². The van der Waals surface area contributed by atoms with Crippen LogP contribution in [0.5, 0.6) is 0 Å². The van der Waals surface area contributed by atoms with E-state index < -0.39 is 11.8 Å². The van der Waals surface area contributed by atoms with Gasteiger partial charge in [0.25, 0.3) is 5.91 Å². The number of fused-ring (bicyclic) bond motifs is 1. The van der Waals surface area contributed by atoms with Gasteiger partial charge in [-0.3, -0.25) is 19.2 Å². The summed E-state index contributed by atoms with van der Waals surface area (Å²) in [6.45, 7) is 9.53. The second kappa shape index (κ2) is 15.0. The van der Waals surface area contributed by atoms with E-state index in [1.54, 1.807) is 33.2 Å². The molecule has 3 aromatic rings. The highest BCUT2D eigenvalue weighted by molar-refractivity contribution is 7.18. The summed E-state index contributed by atoms with van der Waals surface area (Å²) >= 11 is 1.31. The van der Waals surface area contributed by atoms with Crippen LogP contribution >= 0.6 is 11.3 Å². The Balaban J connectivity index is 0.00000134. The molecule has 1 aliphatic carbocycles. The van der Waals surface area contributed by atoms with Gasteiger partial charge < -0.3 is 20.3 Å². The van der Waals surface area contributed by atoms with Crippen molar-refractivity contribution in [2.75, 3.05) is 20.6 Å². The number of thiazole rings is 1. The van der Waals surface area contributed by atoms with E-state index in [1.807, 2.05) is 51.8 Å². The molecule has 0 radical (unpaired) electrons. The Morgan fingerprint density at radius 1 is 1.07 bits per heavy atom. The summed E-state index contributed by atoms with van der Waals surface area (Å²) < 4.78 is 0.854. The van der Waals surface area contributed by atoms with E-state index in [2.05, 4.69) is 15.6 Å². The fourth-order valence-electron chi connectivity index (χ4n) is 3.96. The fraction of sp³-hybridized carbons (Fsp3) is 0.400. The van der Waals surface area contributed by atoms with Crippen molar-refractivity contribution in [2.45, 2.75) is 58.9 Å². The van der Waals surface area contributed by atoms with E-state index in [0.717, 1.165) is 34.2 Å². The number of nitrogens with one attached hydrogen (secondary N) is 2. The van der Waals surface area contributed by atoms with Crippen molar-refractivity contribution in [1.82, 2.24) is 20.5 Å². The van der Waals surface area contributed by atoms with Crippen molar-refractivity contribution in [1.29, 1.82) is 0 Å². The van der Waals surface area contributed by atoms with E-state index in [4.69, 9.17) is 4.79 Å². The highest BCUT2D eigenvalue weighted by Gasteiger charge is 2.31. The Hall–Kier alpha value is -3.92. The Kier molecular flexibility index (Phi) is 12.1. The van der Waals surface area contributed by atoms with Crippen molar-refractivity contribution in [3.63, 3.8) is 0 Å². The van der Waals surface area contributed by atoms with Gasteiger partial charge in [-0.2, -0.15) is 0 Å². The monoisotopic (exact) mass is 566 g/mol. The quantitative estimate of drug-likeness (QED) is 0.373. The van der Waals surface area contributed by atoms with E-state index in [9.17, 15) is 19.2 Å². The average Bonchev–Trinajstić information content (AvgIpc) is 3.69. The zero-order valence-electron chi connectivity index (χ0n) is 24.0. The molecular weight excluding hydrogens is 528 g/mol. The summed E-state index contributed by atoms with van der Waals surface area (Å²) in [6, 6.07) is 11.6. The molecule has 0 spiro atoms. The molecule has 214 valence electrons. The summed E-state index contributed by atoms with van der Waals surface area (Å²) in [5.41, 5.74) is 4.26. The van der Waals surface area contributed by atoms with Gasteiger partial charge in [-0.15, -0.1) is 11.3 Å². The van der Waals surface area contributed by atoms with E-state index in [-0.39, 0.29) is 36.6 Å². The number of nitrogens with zero attached hydrogens (tertiary/aromatic N) is 2. The Labute approximate surface area is 239 Å². The fourth-order valence-corrected chi connectivity index (χ4v) is 5.07. The molecule has 4 rings (SSSR count). The molecular formula is C30H38N4O5S. The van der Waals surface area contributed by atoms with Crippen LogP contribution in [0, 0.1) is 6.92 Å². The van der Waals surface area contributed by atoms with Crippen LogP contribution in [-0.2, 0) is 19.2 Å². The number of ketones is 1. The van der Waals surface area contributed by atoms with Crippen molar-refractivity contribution in [2.24, 2.45) is 0 Å². The normalized spacial score (nSPS) is 12.7. The SMILES string of the molecule is C=O.CC.CCC(=O)C(C(=O)NCC(=O)NC1CC1)c1nc2cc(C)c(-c3ccc(C(=O)N(C)C)cc3)cc2s1. The van der Waals surface area contributed by atoms with Gasteiger partial charge >= 0.3 is 0 Å². The van der Waals surface area contributed by atoms with Crippen LogP contribution in [0.2, 0.25) is 0 Å². The lowest BCUT2D eigenvalue weighted by Crippen LogP contribution is -2.41. The molecule has 10 heteroatoms. The molecule has 1 aromatic heterocycles. The number of aryl methyl sites for hydroxylation is 1. The molecule has 2 N–H and O–H groups in total. The molecule has 1 atom stereocenters. The maximum Gasteiger partial charge on any atom is 0.253 e. The molecule has 9 nitrogen and oxygen atoms in total. The maximum atomic E-state index is 12.9. The first-order chi connectivity index (χ1) is 19.2. The van der Waals surface area contributed by atoms with Gasteiger partial charge in [0.05, 0.1) is 16.8 Å². The first-order valence-corrected chi connectivity index (χ1v) is 14.1. The smallest absolute Gasteiger partial charge is 0.253 e. The largest absolute Gasteiger partial charge is 0.352 e. The molecule has 2 aromatic carbocycles. The van der Waals surface area contributed by atoms with Crippen LogP contribution in [0.3, 0.4) is 0 Å². The number of hydrogen-bond donors (Lipinski definition) is 2. The average molecular weight is 567 g/mol. The molecule has 3 amide bonds. The van der Waals surface area contributed by atoms with Gasteiger partial charge in [-0.05, 0) is 60.7 Å². The van der Waals surface area contributed by atoms with Crippen LogP contribution in [0.1, 0.15) is 66.9 Å². The molecule has 0 aliphatic heterocycles. The van der Waals surface area contributed by atoms with E-state index in [1.165, 1.54) is 16.2 Å². The van der Waals surface area contributed by atoms with Crippen LogP contribution in [0.25, 0.3) is 21.3 Å². The van der Waals surface area contributed by atoms with Crippen LogP contribution in [-0.4, -0.2) is 66.9 Å². The van der Waals surface area contributed by atoms with E-state index >= 15 is 0 Å². The second-order valence-electron chi connectivity index (χ2n) is 9.28. The highest BCUT2D eigenvalue weighted by atomic mass is 32.1. The van der Waals surface area contributed by atoms with Gasteiger partial charge in [0.2, 0.25) is 11.8 Å². The van der Waals surface area contributed by atoms with Crippen molar-refractivity contribution in [3.8, 4) is 11.1 Å². The lowest BCUT2D eigenvalue weighted by atomic mass is 9.99. The third-order valence-corrected chi connectivity index (χ3v) is 7.23. The minimum absolute atomic E-state index is 0.0595. The lowest BCUT2D eigenvalue weighted by Gasteiger charge is -2.12. The summed E-state index contributed by atoms with van der Waals surface area (Å²) in [5, 5.41) is 5.85. The van der Waals surface area contributed by atoms with E-state index in [0.29, 0.717) is 16.1 Å². The molecule has 1 saturated carbocycles. The van der Waals surface area contributed by atoms with Gasteiger partial charge in [0, 0.05) is 32.1 Å². The standard InChI is InChI=1S/C27H30N4O4S.C2H6.CH2O/c1-5-21(32)24(25(34)28-14-23(33)29-18-10-11-18)26-30-20-12-15(2)19(13-22(20)36-26)16-6-8-17(9-7-16)27(35)31(3)4;2*1-2/h6-9,12-13,18,24H,5,10-11,14H2,1-4H3,(H,28,34)(H,29,33);1-2H3;1H2. The second-order valence-corrected chi connectivity index (χ2v) is 10.3. The lowest BCUT2D eigenvalue weighted by molar-refractivity contribution is -0.132. The number of amides is 3. The minimum atomic E-state index is -1.05. The topological polar surface area (TPSA) is 126 Å². The van der Waals surface area contributed by atoms with Gasteiger partial charge in [-0.1, -0.05) is 32.9 Å². The molecule has 1 fully saturated rings. The first kappa shape index (κ1) is 32.3. The molecule has 40 heavy (non-hydrogen) atoms. The Morgan fingerprint density at radius 3 is 2.25 bits per heavy atom. The summed E-state index contributed by atoms with van der Waals surface area (Å²) in [6.07, 6.45) is 2.11. The van der Waals surface area contributed by atoms with Gasteiger partial charge in [-0.25, -0.2) is 4.98 Å². The predicted molar refractivity (Wildman–Crippen MR) is 158 cm³/mol. The van der Waals surface area contributed by atoms with Gasteiger partial charge in [0.15, 0.2) is 5.78 Å². The molecule has 1 unspecified atom stereocenters. The van der Waals surface area contributed by atoms with Crippen molar-refractivity contribution >= 4 is 51.8 Å². The number of Topliss-reactive ketones (excluding diaryl/α,β-unsaturated/α-hetero) is 1. The predicted octanol–water partition coefficient (Wildman–Crippen LogP) is 4.27. The summed E-state index contributed by atoms with van der Waals surface area (Å²) in [5.74, 6) is -2.12. The van der Waals surface area contributed by atoms with Crippen molar-refractivity contribution < 1.29 is 24.0 Å². The molecule has 0 bridgehead atoms. The van der Waals surface area contributed by atoms with Crippen LogP contribution in [0.4, 0.5) is 0 Å². The molecule has 0 saturated heterocycles. The zero-order valence-corrected chi connectivity index (χ0v) is 24.8. The number of hydrogen-bond acceptors (Lipinski definition) is 7. The number of carbonyl (C=O) groups is 5. The summed E-state index contributed by atoms with van der Waals surface area (Å²) in [7, 11) is 3.44. The summed E-state index contributed by atoms with van der Waals surface area (Å²) in [4.78, 5) is 64.0. The molecule has 1 aliphatic rings.